The van der Waals surface area contributed by atoms with Crippen LogP contribution in [0.15, 0.2) is 0 Å². The highest BCUT2D eigenvalue weighted by atomic mass is 16.6. The summed E-state index contributed by atoms with van der Waals surface area (Å²) in [5.41, 5.74) is 5.28. The van der Waals surface area contributed by atoms with Gasteiger partial charge in [0.25, 0.3) is 0 Å². The molecular weight excluding hydrogens is 186 g/mol. The smallest absolute Gasteiger partial charge is 0.334 e. The van der Waals surface area contributed by atoms with Crippen molar-refractivity contribution in [2.45, 2.75) is 26.8 Å². The van der Waals surface area contributed by atoms with Crippen molar-refractivity contribution in [3.63, 3.8) is 0 Å². The van der Waals surface area contributed by atoms with Crippen molar-refractivity contribution in [2.75, 3.05) is 13.2 Å². The number of nitrogens with two attached hydrogens (primary N) is 1. The van der Waals surface area contributed by atoms with Crippen molar-refractivity contribution >= 4 is 11.9 Å². The average Bonchev–Trinajstić information content (AvgIpc) is 2.13. The van der Waals surface area contributed by atoms with Gasteiger partial charge in [-0.2, -0.15) is 0 Å². The molecule has 0 saturated carbocycles. The Balaban J connectivity index is 3.92. The molecule has 0 bridgehead atoms. The first-order valence-corrected chi connectivity index (χ1v) is 4.57. The lowest BCUT2D eigenvalue weighted by molar-refractivity contribution is -0.157. The van der Waals surface area contributed by atoms with Gasteiger partial charge >= 0.3 is 11.9 Å². The van der Waals surface area contributed by atoms with Gasteiger partial charge < -0.3 is 15.2 Å². The summed E-state index contributed by atoms with van der Waals surface area (Å²) in [6, 6.07) is -1.33. The second-order valence-corrected chi connectivity index (χ2v) is 3.25. The van der Waals surface area contributed by atoms with E-state index in [0.717, 1.165) is 0 Å². The van der Waals surface area contributed by atoms with E-state index in [9.17, 15) is 9.59 Å². The van der Waals surface area contributed by atoms with Crippen LogP contribution in [0.3, 0.4) is 0 Å². The number of carbonyl (C=O) groups is 2. The van der Waals surface area contributed by atoms with Gasteiger partial charge in [0.1, 0.15) is 0 Å². The van der Waals surface area contributed by atoms with Crippen LogP contribution in [0.4, 0.5) is 0 Å². The monoisotopic (exact) mass is 203 g/mol. The molecule has 0 amide bonds. The van der Waals surface area contributed by atoms with Crippen molar-refractivity contribution in [1.82, 2.24) is 0 Å². The summed E-state index contributed by atoms with van der Waals surface area (Å²) >= 11 is 0. The van der Waals surface area contributed by atoms with Crippen LogP contribution < -0.4 is 5.73 Å². The minimum absolute atomic E-state index is 0.198. The first kappa shape index (κ1) is 12.9. The molecule has 5 heteroatoms. The van der Waals surface area contributed by atoms with E-state index in [1.807, 2.05) is 13.8 Å². The predicted octanol–water partition coefficient (Wildman–Crippen LogP) is 0.0760. The summed E-state index contributed by atoms with van der Waals surface area (Å²) in [6.07, 6.45) is 0. The normalized spacial score (nSPS) is 12.4. The van der Waals surface area contributed by atoms with Gasteiger partial charge in [-0.1, -0.05) is 13.8 Å². The molecule has 1 unspecified atom stereocenters. The van der Waals surface area contributed by atoms with E-state index in [1.54, 1.807) is 6.92 Å². The fourth-order valence-electron chi connectivity index (χ4n) is 0.667. The van der Waals surface area contributed by atoms with Gasteiger partial charge in [-0.05, 0) is 12.8 Å². The molecule has 0 saturated heterocycles. The Bertz CT molecular complexity index is 203. The van der Waals surface area contributed by atoms with Gasteiger partial charge in [0.15, 0.2) is 0 Å². The van der Waals surface area contributed by atoms with Crippen molar-refractivity contribution in [1.29, 1.82) is 0 Å². The molecule has 0 radical (unpaired) electrons. The fraction of sp³-hybridized carbons (Fsp3) is 0.778. The van der Waals surface area contributed by atoms with Crippen LogP contribution in [0, 0.1) is 5.92 Å². The zero-order valence-electron chi connectivity index (χ0n) is 8.78. The maximum atomic E-state index is 11.1. The standard InChI is InChI=1S/C9H17NO4/c1-4-13-8(11)7(10)9(12)14-5-6(2)3/h6-7H,4-5,10H2,1-3H3. The summed E-state index contributed by atoms with van der Waals surface area (Å²) in [5.74, 6) is -1.27. The quantitative estimate of drug-likeness (QED) is 0.505. The summed E-state index contributed by atoms with van der Waals surface area (Å²) in [6.45, 7) is 5.88. The fourth-order valence-corrected chi connectivity index (χ4v) is 0.667. The molecule has 1 atom stereocenters. The molecule has 14 heavy (non-hydrogen) atoms. The summed E-state index contributed by atoms with van der Waals surface area (Å²) < 4.78 is 9.33. The molecule has 0 aromatic carbocycles. The Kier molecular flexibility index (Phi) is 5.87. The highest BCUT2D eigenvalue weighted by molar-refractivity contribution is 5.98. The highest BCUT2D eigenvalue weighted by Crippen LogP contribution is 1.96. The minimum atomic E-state index is -1.33. The summed E-state index contributed by atoms with van der Waals surface area (Å²) in [4.78, 5) is 22.1. The van der Waals surface area contributed by atoms with Gasteiger partial charge in [-0.25, -0.2) is 9.59 Å². The van der Waals surface area contributed by atoms with Gasteiger partial charge in [0.05, 0.1) is 13.2 Å². The maximum absolute atomic E-state index is 11.1. The highest BCUT2D eigenvalue weighted by Gasteiger charge is 2.24. The number of hydrogen-bond donors (Lipinski definition) is 1. The Labute approximate surface area is 83.5 Å². The molecule has 0 aliphatic carbocycles. The largest absolute Gasteiger partial charge is 0.464 e. The third-order valence-corrected chi connectivity index (χ3v) is 1.35. The van der Waals surface area contributed by atoms with E-state index in [4.69, 9.17) is 10.5 Å². The lowest BCUT2D eigenvalue weighted by atomic mass is 10.2. The Morgan fingerprint density at radius 2 is 1.71 bits per heavy atom. The van der Waals surface area contributed by atoms with Crippen LogP contribution in [0.1, 0.15) is 20.8 Å². The molecule has 0 heterocycles. The van der Waals surface area contributed by atoms with E-state index in [0.29, 0.717) is 0 Å². The molecule has 5 nitrogen and oxygen atoms in total. The predicted molar refractivity (Wildman–Crippen MR) is 50.4 cm³/mol. The number of esters is 2. The Hall–Kier alpha value is -1.10. The van der Waals surface area contributed by atoms with E-state index >= 15 is 0 Å². The lowest BCUT2D eigenvalue weighted by Crippen LogP contribution is -2.41. The molecule has 0 aliphatic heterocycles. The molecule has 82 valence electrons. The summed E-state index contributed by atoms with van der Waals surface area (Å²) in [5, 5.41) is 0. The van der Waals surface area contributed by atoms with E-state index in [-0.39, 0.29) is 19.1 Å². The van der Waals surface area contributed by atoms with Crippen LogP contribution in [0.5, 0.6) is 0 Å². The second kappa shape index (κ2) is 6.37. The molecule has 0 aliphatic rings. The Morgan fingerprint density at radius 3 is 2.14 bits per heavy atom. The topological polar surface area (TPSA) is 78.6 Å². The van der Waals surface area contributed by atoms with Gasteiger partial charge in [-0.15, -0.1) is 0 Å². The molecular formula is C9H17NO4. The molecule has 2 N–H and O–H groups in total. The molecule has 0 fully saturated rings. The van der Waals surface area contributed by atoms with Gasteiger partial charge in [0, 0.05) is 0 Å². The van der Waals surface area contributed by atoms with Crippen molar-refractivity contribution in [3.05, 3.63) is 0 Å². The van der Waals surface area contributed by atoms with E-state index in [1.165, 1.54) is 0 Å². The second-order valence-electron chi connectivity index (χ2n) is 3.25. The number of ether oxygens (including phenoxy) is 2. The van der Waals surface area contributed by atoms with Crippen LogP contribution in [0.25, 0.3) is 0 Å². The van der Waals surface area contributed by atoms with Crippen LogP contribution in [0.2, 0.25) is 0 Å². The zero-order valence-corrected chi connectivity index (χ0v) is 8.78. The minimum Gasteiger partial charge on any atom is -0.464 e. The zero-order chi connectivity index (χ0) is 11.1. The van der Waals surface area contributed by atoms with E-state index < -0.39 is 18.0 Å². The lowest BCUT2D eigenvalue weighted by Gasteiger charge is -2.11. The van der Waals surface area contributed by atoms with Crippen molar-refractivity contribution < 1.29 is 19.1 Å². The number of hydrogen-bond acceptors (Lipinski definition) is 5. The SMILES string of the molecule is CCOC(=O)C(N)C(=O)OCC(C)C. The van der Waals surface area contributed by atoms with Crippen LogP contribution in [-0.4, -0.2) is 31.2 Å². The maximum Gasteiger partial charge on any atom is 0.334 e. The van der Waals surface area contributed by atoms with Gasteiger partial charge in [-0.3, -0.25) is 0 Å². The van der Waals surface area contributed by atoms with Crippen LogP contribution in [-0.2, 0) is 19.1 Å². The Morgan fingerprint density at radius 1 is 1.21 bits per heavy atom. The van der Waals surface area contributed by atoms with Crippen molar-refractivity contribution in [3.8, 4) is 0 Å². The number of carbonyl (C=O) groups excluding carboxylic acids is 2. The molecule has 0 spiro atoms. The van der Waals surface area contributed by atoms with Gasteiger partial charge in [0.2, 0.25) is 6.04 Å². The summed E-state index contributed by atoms with van der Waals surface area (Å²) in [7, 11) is 0. The van der Waals surface area contributed by atoms with Crippen molar-refractivity contribution in [2.24, 2.45) is 11.7 Å². The average molecular weight is 203 g/mol. The molecule has 0 rings (SSSR count). The number of rotatable bonds is 5. The third kappa shape index (κ3) is 4.81. The third-order valence-electron chi connectivity index (χ3n) is 1.35. The van der Waals surface area contributed by atoms with E-state index in [2.05, 4.69) is 4.74 Å². The first-order chi connectivity index (χ1) is 6.49. The molecule has 0 aromatic heterocycles. The molecule has 0 aromatic rings. The van der Waals surface area contributed by atoms with Crippen LogP contribution >= 0.6 is 0 Å². The first-order valence-electron chi connectivity index (χ1n) is 4.57.